The summed E-state index contributed by atoms with van der Waals surface area (Å²) in [5, 5.41) is 3.01. The maximum Gasteiger partial charge on any atom is 0.336 e. The lowest BCUT2D eigenvalue weighted by Gasteiger charge is -2.14. The van der Waals surface area contributed by atoms with Crippen LogP contribution in [0.15, 0.2) is 52.1 Å². The van der Waals surface area contributed by atoms with E-state index < -0.39 is 17.1 Å². The number of rotatable bonds is 5. The molecule has 1 heterocycles. The van der Waals surface area contributed by atoms with Gasteiger partial charge in [-0.05, 0) is 43.7 Å². The Morgan fingerprint density at radius 1 is 1.15 bits per heavy atom. The highest BCUT2D eigenvalue weighted by atomic mass is 19.1. The van der Waals surface area contributed by atoms with Gasteiger partial charge in [0.1, 0.15) is 12.4 Å². The number of hydrogen-bond donors (Lipinski definition) is 1. The topological polar surface area (TPSA) is 73.1 Å². The number of amides is 1. The lowest BCUT2D eigenvalue weighted by molar-refractivity contribution is -0.121. The molecule has 0 aliphatic heterocycles. The van der Waals surface area contributed by atoms with Crippen LogP contribution in [0.25, 0.3) is 16.6 Å². The van der Waals surface area contributed by atoms with Crippen LogP contribution in [0.4, 0.5) is 4.39 Å². The molecule has 1 aromatic heterocycles. The predicted molar refractivity (Wildman–Crippen MR) is 102 cm³/mol. The molecule has 0 bridgehead atoms. The average molecular weight is 369 g/mol. The molecule has 1 N–H and O–H groups in total. The van der Waals surface area contributed by atoms with Gasteiger partial charge in [-0.25, -0.2) is 13.8 Å². The first-order valence-electron chi connectivity index (χ1n) is 8.71. The van der Waals surface area contributed by atoms with Crippen molar-refractivity contribution >= 4 is 16.8 Å². The molecule has 3 rings (SSSR count). The molecule has 7 heteroatoms. The van der Waals surface area contributed by atoms with E-state index in [2.05, 4.69) is 5.32 Å². The molecule has 0 aliphatic carbocycles. The highest BCUT2D eigenvalue weighted by Crippen LogP contribution is 2.13. The maximum absolute atomic E-state index is 13.7. The van der Waals surface area contributed by atoms with Crippen LogP contribution in [-0.4, -0.2) is 21.6 Å². The van der Waals surface area contributed by atoms with Gasteiger partial charge >= 0.3 is 5.69 Å². The Morgan fingerprint density at radius 2 is 1.93 bits per heavy atom. The summed E-state index contributed by atoms with van der Waals surface area (Å²) in [5.74, 6) is -0.888. The van der Waals surface area contributed by atoms with Crippen molar-refractivity contribution in [2.24, 2.45) is 0 Å². The van der Waals surface area contributed by atoms with Gasteiger partial charge in [0.05, 0.1) is 16.6 Å². The predicted octanol–water partition coefficient (Wildman–Crippen LogP) is 2.13. The molecular formula is C20H20FN3O3. The Bertz CT molecular complexity index is 1130. The summed E-state index contributed by atoms with van der Waals surface area (Å²) in [6.45, 7) is 4.02. The van der Waals surface area contributed by atoms with E-state index in [1.165, 1.54) is 22.8 Å². The van der Waals surface area contributed by atoms with Gasteiger partial charge < -0.3 is 5.32 Å². The molecule has 0 saturated heterocycles. The number of carbonyl (C=O) groups is 1. The largest absolute Gasteiger partial charge is 0.355 e. The number of nitrogens with zero attached hydrogens (tertiary/aromatic N) is 2. The van der Waals surface area contributed by atoms with Gasteiger partial charge in [-0.1, -0.05) is 24.6 Å². The second-order valence-electron chi connectivity index (χ2n) is 6.36. The van der Waals surface area contributed by atoms with E-state index in [0.29, 0.717) is 17.4 Å². The van der Waals surface area contributed by atoms with Crippen molar-refractivity contribution in [2.45, 2.75) is 26.8 Å². The number of fused-ring (bicyclic) bond motifs is 1. The quantitative estimate of drug-likeness (QED) is 0.749. The minimum atomic E-state index is -0.686. The van der Waals surface area contributed by atoms with Gasteiger partial charge in [0.25, 0.3) is 5.56 Å². The Kier molecular flexibility index (Phi) is 5.21. The molecule has 0 aliphatic rings. The molecular weight excluding hydrogens is 349 g/mol. The second kappa shape index (κ2) is 7.57. The zero-order chi connectivity index (χ0) is 19.6. The first-order chi connectivity index (χ1) is 12.9. The van der Waals surface area contributed by atoms with E-state index in [0.717, 1.165) is 22.6 Å². The molecule has 3 aromatic rings. The number of nitrogens with one attached hydrogen (secondary N) is 1. The van der Waals surface area contributed by atoms with Gasteiger partial charge in [-0.2, -0.15) is 0 Å². The van der Waals surface area contributed by atoms with Crippen LogP contribution >= 0.6 is 0 Å². The van der Waals surface area contributed by atoms with Crippen LogP contribution in [0, 0.1) is 12.7 Å². The number of carbonyl (C=O) groups excluding carboxylic acids is 1. The third kappa shape index (κ3) is 3.67. The molecule has 140 valence electrons. The van der Waals surface area contributed by atoms with E-state index >= 15 is 0 Å². The van der Waals surface area contributed by atoms with Crippen molar-refractivity contribution in [1.82, 2.24) is 14.5 Å². The molecule has 0 saturated carbocycles. The average Bonchev–Trinajstić information content (AvgIpc) is 2.64. The fraction of sp³-hybridized carbons (Fsp3) is 0.250. The number of benzene rings is 2. The zero-order valence-electron chi connectivity index (χ0n) is 15.2. The highest BCUT2D eigenvalue weighted by molar-refractivity contribution is 5.82. The molecule has 0 unspecified atom stereocenters. The lowest BCUT2D eigenvalue weighted by Crippen LogP contribution is -2.42. The highest BCUT2D eigenvalue weighted by Gasteiger charge is 2.17. The third-order valence-corrected chi connectivity index (χ3v) is 4.24. The van der Waals surface area contributed by atoms with Crippen LogP contribution in [0.5, 0.6) is 0 Å². The first kappa shape index (κ1) is 18.6. The van der Waals surface area contributed by atoms with Crippen LogP contribution in [-0.2, 0) is 11.3 Å². The summed E-state index contributed by atoms with van der Waals surface area (Å²) in [5.41, 5.74) is 0.0974. The summed E-state index contributed by atoms with van der Waals surface area (Å²) in [6.07, 6.45) is 0.767. The van der Waals surface area contributed by atoms with Crippen molar-refractivity contribution in [3.63, 3.8) is 0 Å². The molecule has 6 nitrogen and oxygen atoms in total. The lowest BCUT2D eigenvalue weighted by atomic mass is 10.1. The van der Waals surface area contributed by atoms with Gasteiger partial charge in [0.2, 0.25) is 5.91 Å². The normalized spacial score (nSPS) is 10.9. The van der Waals surface area contributed by atoms with Crippen LogP contribution in [0.2, 0.25) is 0 Å². The molecule has 0 radical (unpaired) electrons. The van der Waals surface area contributed by atoms with Crippen molar-refractivity contribution in [1.29, 1.82) is 0 Å². The van der Waals surface area contributed by atoms with Crippen LogP contribution < -0.4 is 16.6 Å². The number of hydrogen-bond acceptors (Lipinski definition) is 3. The Balaban J connectivity index is 2.29. The van der Waals surface area contributed by atoms with Gasteiger partial charge in [-0.15, -0.1) is 0 Å². The molecule has 0 fully saturated rings. The second-order valence-corrected chi connectivity index (χ2v) is 6.36. The smallest absolute Gasteiger partial charge is 0.336 e. The van der Waals surface area contributed by atoms with E-state index in [-0.39, 0.29) is 18.1 Å². The van der Waals surface area contributed by atoms with Gasteiger partial charge in [-0.3, -0.25) is 14.2 Å². The SMILES string of the molecule is CCCNC(=O)Cn1c(=O)n(-c2cccc(F)c2)c(=O)c2cc(C)ccc21. The fourth-order valence-corrected chi connectivity index (χ4v) is 2.95. The summed E-state index contributed by atoms with van der Waals surface area (Å²) < 4.78 is 15.8. The van der Waals surface area contributed by atoms with Crippen LogP contribution in [0.1, 0.15) is 18.9 Å². The molecule has 0 atom stereocenters. The van der Waals surface area contributed by atoms with E-state index in [4.69, 9.17) is 0 Å². The van der Waals surface area contributed by atoms with Crippen molar-refractivity contribution in [3.8, 4) is 5.69 Å². The molecule has 0 spiro atoms. The molecule has 2 aromatic carbocycles. The Hall–Kier alpha value is -3.22. The number of aromatic nitrogens is 2. The Morgan fingerprint density at radius 3 is 2.63 bits per heavy atom. The van der Waals surface area contributed by atoms with Crippen LogP contribution in [0.3, 0.4) is 0 Å². The number of aryl methyl sites for hydroxylation is 1. The molecule has 1 amide bonds. The van der Waals surface area contributed by atoms with Gasteiger partial charge in [0, 0.05) is 6.54 Å². The summed E-state index contributed by atoms with van der Waals surface area (Å²) in [6, 6.07) is 10.3. The summed E-state index contributed by atoms with van der Waals surface area (Å²) in [7, 11) is 0. The van der Waals surface area contributed by atoms with Gasteiger partial charge in [0.15, 0.2) is 0 Å². The zero-order valence-corrected chi connectivity index (χ0v) is 15.2. The first-order valence-corrected chi connectivity index (χ1v) is 8.71. The van der Waals surface area contributed by atoms with Crippen molar-refractivity contribution < 1.29 is 9.18 Å². The van der Waals surface area contributed by atoms with E-state index in [9.17, 15) is 18.8 Å². The van der Waals surface area contributed by atoms with E-state index in [1.54, 1.807) is 18.2 Å². The summed E-state index contributed by atoms with van der Waals surface area (Å²) >= 11 is 0. The standard InChI is InChI=1S/C20H20FN3O3/c1-3-9-22-18(25)12-23-17-8-7-13(2)10-16(17)19(26)24(20(23)27)15-6-4-5-14(21)11-15/h4-8,10-11H,3,9,12H2,1-2H3,(H,22,25). The Labute approximate surface area is 154 Å². The maximum atomic E-state index is 13.7. The fourth-order valence-electron chi connectivity index (χ4n) is 2.95. The summed E-state index contributed by atoms with van der Waals surface area (Å²) in [4.78, 5) is 38.2. The molecule has 27 heavy (non-hydrogen) atoms. The number of halogens is 1. The third-order valence-electron chi connectivity index (χ3n) is 4.24. The monoisotopic (exact) mass is 369 g/mol. The van der Waals surface area contributed by atoms with Crippen molar-refractivity contribution in [3.05, 3.63) is 74.7 Å². The van der Waals surface area contributed by atoms with Crippen molar-refractivity contribution in [2.75, 3.05) is 6.54 Å². The minimum Gasteiger partial charge on any atom is -0.355 e. The van der Waals surface area contributed by atoms with E-state index in [1.807, 2.05) is 13.8 Å². The minimum absolute atomic E-state index is 0.121.